The van der Waals surface area contributed by atoms with E-state index < -0.39 is 0 Å². The minimum atomic E-state index is -0.0608. The third-order valence-corrected chi connectivity index (χ3v) is 3.40. The largest absolute Gasteiger partial charge is 0.493 e. The third-order valence-electron chi connectivity index (χ3n) is 3.40. The summed E-state index contributed by atoms with van der Waals surface area (Å²) in [5.74, 6) is 1.47. The zero-order valence-corrected chi connectivity index (χ0v) is 13.2. The van der Waals surface area contributed by atoms with Crippen LogP contribution in [0.15, 0.2) is 18.2 Å². The van der Waals surface area contributed by atoms with Gasteiger partial charge in [0.05, 0.1) is 20.6 Å². The fourth-order valence-corrected chi connectivity index (χ4v) is 2.15. The molecule has 0 heterocycles. The van der Waals surface area contributed by atoms with Crippen molar-refractivity contribution < 1.29 is 19.4 Å². The van der Waals surface area contributed by atoms with Crippen LogP contribution in [0.25, 0.3) is 0 Å². The summed E-state index contributed by atoms with van der Waals surface area (Å²) < 4.78 is 10.4. The topological polar surface area (TPSA) is 67.8 Å². The Bertz CT molecular complexity index is 460. The van der Waals surface area contributed by atoms with Gasteiger partial charge in [0.15, 0.2) is 11.5 Å². The number of aliphatic hydroxyl groups excluding tert-OH is 1. The summed E-state index contributed by atoms with van der Waals surface area (Å²) in [7, 11) is 3.14. The van der Waals surface area contributed by atoms with Gasteiger partial charge in [0, 0.05) is 12.6 Å². The fourth-order valence-electron chi connectivity index (χ4n) is 2.15. The van der Waals surface area contributed by atoms with E-state index >= 15 is 0 Å². The smallest absolute Gasteiger partial charge is 0.224 e. The molecular formula is C16H25NO4. The number of rotatable bonds is 8. The van der Waals surface area contributed by atoms with Crippen molar-refractivity contribution in [2.45, 2.75) is 32.7 Å². The van der Waals surface area contributed by atoms with Crippen molar-refractivity contribution >= 4 is 5.91 Å². The Morgan fingerprint density at radius 1 is 1.24 bits per heavy atom. The molecule has 0 fully saturated rings. The van der Waals surface area contributed by atoms with Crippen LogP contribution >= 0.6 is 0 Å². The molecule has 0 spiro atoms. The Morgan fingerprint density at radius 3 is 2.43 bits per heavy atom. The maximum absolute atomic E-state index is 12.1. The van der Waals surface area contributed by atoms with Gasteiger partial charge in [-0.25, -0.2) is 0 Å². The average molecular weight is 295 g/mol. The molecule has 0 saturated heterocycles. The van der Waals surface area contributed by atoms with Crippen molar-refractivity contribution in [3.63, 3.8) is 0 Å². The highest BCUT2D eigenvalue weighted by Crippen LogP contribution is 2.27. The molecule has 1 rings (SSSR count). The van der Waals surface area contributed by atoms with E-state index in [4.69, 9.17) is 14.6 Å². The number of methoxy groups -OCH3 is 2. The first-order chi connectivity index (χ1) is 10.0. The van der Waals surface area contributed by atoms with Crippen LogP contribution in [0.3, 0.4) is 0 Å². The van der Waals surface area contributed by atoms with E-state index in [0.29, 0.717) is 17.9 Å². The molecule has 118 valence electrons. The van der Waals surface area contributed by atoms with Gasteiger partial charge in [0.1, 0.15) is 0 Å². The van der Waals surface area contributed by atoms with Gasteiger partial charge in [-0.2, -0.15) is 0 Å². The summed E-state index contributed by atoms with van der Waals surface area (Å²) in [6.07, 6.45) is 0.838. The van der Waals surface area contributed by atoms with E-state index in [1.165, 1.54) is 0 Å². The van der Waals surface area contributed by atoms with Crippen molar-refractivity contribution in [3.8, 4) is 11.5 Å². The average Bonchev–Trinajstić information content (AvgIpc) is 2.46. The predicted molar refractivity (Wildman–Crippen MR) is 81.7 cm³/mol. The predicted octanol–water partition coefficient (Wildman–Crippen LogP) is 1.77. The van der Waals surface area contributed by atoms with Crippen LogP contribution in [0, 0.1) is 5.92 Å². The number of benzene rings is 1. The first kappa shape index (κ1) is 17.3. The summed E-state index contributed by atoms with van der Waals surface area (Å²) in [5, 5.41) is 12.0. The molecule has 1 aromatic rings. The van der Waals surface area contributed by atoms with Gasteiger partial charge < -0.3 is 19.9 Å². The maximum Gasteiger partial charge on any atom is 0.224 e. The van der Waals surface area contributed by atoms with Gasteiger partial charge in [-0.15, -0.1) is 0 Å². The van der Waals surface area contributed by atoms with Crippen LogP contribution in [-0.2, 0) is 11.2 Å². The molecule has 0 aliphatic rings. The summed E-state index contributed by atoms with van der Waals surface area (Å²) in [5.41, 5.74) is 0.858. The van der Waals surface area contributed by atoms with Gasteiger partial charge in [-0.3, -0.25) is 4.79 Å². The quantitative estimate of drug-likeness (QED) is 0.767. The standard InChI is InChI=1S/C16H25NO4/c1-11(2)13(7-8-18)17-16(19)10-12-5-6-14(20-3)15(9-12)21-4/h5-6,9,11,13,18H,7-8,10H2,1-4H3,(H,17,19). The lowest BCUT2D eigenvalue weighted by Gasteiger charge is -2.21. The van der Waals surface area contributed by atoms with E-state index in [2.05, 4.69) is 5.32 Å². The lowest BCUT2D eigenvalue weighted by atomic mass is 10.0. The molecule has 0 aliphatic carbocycles. The molecule has 1 atom stereocenters. The molecule has 1 unspecified atom stereocenters. The van der Waals surface area contributed by atoms with E-state index in [9.17, 15) is 4.79 Å². The highest BCUT2D eigenvalue weighted by atomic mass is 16.5. The van der Waals surface area contributed by atoms with Crippen LogP contribution in [0.4, 0.5) is 0 Å². The molecule has 1 aromatic carbocycles. The number of hydrogen-bond donors (Lipinski definition) is 2. The Hall–Kier alpha value is -1.75. The number of aliphatic hydroxyl groups is 1. The van der Waals surface area contributed by atoms with Crippen LogP contribution in [0.1, 0.15) is 25.8 Å². The van der Waals surface area contributed by atoms with E-state index in [1.807, 2.05) is 19.9 Å². The molecule has 21 heavy (non-hydrogen) atoms. The molecule has 5 heteroatoms. The van der Waals surface area contributed by atoms with E-state index in [-0.39, 0.29) is 30.9 Å². The number of carbonyl (C=O) groups is 1. The van der Waals surface area contributed by atoms with Gasteiger partial charge in [0.25, 0.3) is 0 Å². The van der Waals surface area contributed by atoms with Crippen LogP contribution < -0.4 is 14.8 Å². The number of nitrogens with one attached hydrogen (secondary N) is 1. The summed E-state index contributed by atoms with van der Waals surface area (Å²) >= 11 is 0. The number of ether oxygens (including phenoxy) is 2. The lowest BCUT2D eigenvalue weighted by molar-refractivity contribution is -0.121. The molecule has 0 saturated carbocycles. The normalized spacial score (nSPS) is 12.1. The number of amides is 1. The molecule has 0 aromatic heterocycles. The van der Waals surface area contributed by atoms with Gasteiger partial charge in [-0.05, 0) is 30.0 Å². The van der Waals surface area contributed by atoms with Gasteiger partial charge >= 0.3 is 0 Å². The Labute approximate surface area is 126 Å². The summed E-state index contributed by atoms with van der Waals surface area (Å²) in [6.45, 7) is 4.12. The SMILES string of the molecule is COc1ccc(CC(=O)NC(CCO)C(C)C)cc1OC. The summed E-state index contributed by atoms with van der Waals surface area (Å²) in [6, 6.07) is 5.42. The molecular weight excluding hydrogens is 270 g/mol. The number of hydrogen-bond acceptors (Lipinski definition) is 4. The molecule has 0 bridgehead atoms. The van der Waals surface area contributed by atoms with Crippen molar-refractivity contribution in [2.75, 3.05) is 20.8 Å². The first-order valence-electron chi connectivity index (χ1n) is 7.13. The van der Waals surface area contributed by atoms with Crippen LogP contribution in [-0.4, -0.2) is 37.9 Å². The highest BCUT2D eigenvalue weighted by molar-refractivity contribution is 5.79. The van der Waals surface area contributed by atoms with Crippen LogP contribution in [0.2, 0.25) is 0 Å². The summed E-state index contributed by atoms with van der Waals surface area (Å²) in [4.78, 5) is 12.1. The molecule has 0 radical (unpaired) electrons. The van der Waals surface area contributed by atoms with Crippen molar-refractivity contribution in [1.29, 1.82) is 0 Å². The molecule has 1 amide bonds. The zero-order valence-electron chi connectivity index (χ0n) is 13.2. The third kappa shape index (κ3) is 5.27. The van der Waals surface area contributed by atoms with Crippen LogP contribution in [0.5, 0.6) is 11.5 Å². The lowest BCUT2D eigenvalue weighted by Crippen LogP contribution is -2.40. The fraction of sp³-hybridized carbons (Fsp3) is 0.562. The van der Waals surface area contributed by atoms with Crippen molar-refractivity contribution in [1.82, 2.24) is 5.32 Å². The van der Waals surface area contributed by atoms with E-state index in [1.54, 1.807) is 26.4 Å². The van der Waals surface area contributed by atoms with Crippen molar-refractivity contribution in [3.05, 3.63) is 23.8 Å². The minimum absolute atomic E-state index is 0.0114. The maximum atomic E-state index is 12.1. The molecule has 5 nitrogen and oxygen atoms in total. The Morgan fingerprint density at radius 2 is 1.90 bits per heavy atom. The minimum Gasteiger partial charge on any atom is -0.493 e. The van der Waals surface area contributed by atoms with Gasteiger partial charge in [-0.1, -0.05) is 19.9 Å². The monoisotopic (exact) mass is 295 g/mol. The highest BCUT2D eigenvalue weighted by Gasteiger charge is 2.16. The number of carbonyl (C=O) groups excluding carboxylic acids is 1. The molecule has 2 N–H and O–H groups in total. The van der Waals surface area contributed by atoms with Gasteiger partial charge in [0.2, 0.25) is 5.91 Å². The molecule has 0 aliphatic heterocycles. The second-order valence-electron chi connectivity index (χ2n) is 5.30. The Balaban J connectivity index is 2.70. The second-order valence-corrected chi connectivity index (χ2v) is 5.30. The van der Waals surface area contributed by atoms with Crippen molar-refractivity contribution in [2.24, 2.45) is 5.92 Å². The zero-order chi connectivity index (χ0) is 15.8. The second kappa shape index (κ2) is 8.52. The first-order valence-corrected chi connectivity index (χ1v) is 7.13. The Kier molecular flexibility index (Phi) is 7.02. The van der Waals surface area contributed by atoms with E-state index in [0.717, 1.165) is 5.56 Å².